The van der Waals surface area contributed by atoms with Gasteiger partial charge in [-0.1, -0.05) is 54.6 Å². The maximum absolute atomic E-state index is 13.6. The Morgan fingerprint density at radius 1 is 1.03 bits per heavy atom. The third kappa shape index (κ3) is 4.10. The van der Waals surface area contributed by atoms with Gasteiger partial charge in [0.1, 0.15) is 17.3 Å². The molecule has 7 heteroatoms. The molecule has 1 saturated heterocycles. The van der Waals surface area contributed by atoms with Gasteiger partial charge in [-0.2, -0.15) is 0 Å². The monoisotopic (exact) mass is 482 g/mol. The van der Waals surface area contributed by atoms with Crippen LogP contribution in [0.4, 0.5) is 11.6 Å². The fourth-order valence-corrected chi connectivity index (χ4v) is 4.85. The number of nitrogens with two attached hydrogens (primary N) is 1. The normalized spacial score (nSPS) is 15.8. The van der Waals surface area contributed by atoms with Crippen LogP contribution in [0.5, 0.6) is 0 Å². The lowest BCUT2D eigenvalue weighted by Crippen LogP contribution is -2.46. The van der Waals surface area contributed by atoms with Crippen LogP contribution in [-0.4, -0.2) is 40.4 Å². The van der Waals surface area contributed by atoms with Crippen molar-refractivity contribution in [3.05, 3.63) is 108 Å². The Morgan fingerprint density at radius 2 is 1.86 bits per heavy atom. The van der Waals surface area contributed by atoms with Crippen LogP contribution in [0.2, 0.25) is 0 Å². The molecule has 0 spiro atoms. The van der Waals surface area contributed by atoms with Crippen LogP contribution in [0.15, 0.2) is 91.3 Å². The topological polar surface area (TPSA) is 99.9 Å². The van der Waals surface area contributed by atoms with Gasteiger partial charge in [-0.15, -0.1) is 0 Å². The van der Waals surface area contributed by atoms with Crippen molar-refractivity contribution in [2.45, 2.75) is 6.04 Å². The number of anilines is 2. The number of aromatic nitrogens is 3. The van der Waals surface area contributed by atoms with E-state index in [1.807, 2.05) is 54.7 Å². The number of nitrogens with one attached hydrogen (secondary N) is 2. The summed E-state index contributed by atoms with van der Waals surface area (Å²) in [6, 6.07) is 26.0. The summed E-state index contributed by atoms with van der Waals surface area (Å²) in [7, 11) is 0. The van der Waals surface area contributed by atoms with Crippen LogP contribution in [0, 0.1) is 0 Å². The maximum Gasteiger partial charge on any atom is 0.215 e. The lowest BCUT2D eigenvalue weighted by atomic mass is 10.0. The van der Waals surface area contributed by atoms with Crippen molar-refractivity contribution >= 4 is 28.3 Å². The van der Waals surface area contributed by atoms with Gasteiger partial charge in [-0.3, -0.25) is 4.79 Å². The molecule has 4 N–H and O–H groups in total. The number of benzene rings is 2. The summed E-state index contributed by atoms with van der Waals surface area (Å²) in [4.78, 5) is 28.1. The average molecular weight is 483 g/mol. The zero-order chi connectivity index (χ0) is 24.5. The molecule has 0 saturated carbocycles. The van der Waals surface area contributed by atoms with Gasteiger partial charge in [-0.05, 0) is 29.8 Å². The minimum Gasteiger partial charge on any atom is -0.383 e. The zero-order valence-corrected chi connectivity index (χ0v) is 19.7. The van der Waals surface area contributed by atoms with Gasteiger partial charge in [0.05, 0.1) is 5.56 Å². The van der Waals surface area contributed by atoms with E-state index >= 15 is 0 Å². The zero-order valence-electron chi connectivity index (χ0n) is 19.7. The Kier molecular flexibility index (Phi) is 5.67. The molecule has 0 aliphatic carbocycles. The first-order chi connectivity index (χ1) is 17.7. The number of rotatable bonds is 5. The van der Waals surface area contributed by atoms with Crippen LogP contribution in [-0.2, 0) is 0 Å². The van der Waals surface area contributed by atoms with Crippen LogP contribution in [0.3, 0.4) is 0 Å². The van der Waals surface area contributed by atoms with E-state index in [2.05, 4.69) is 44.5 Å². The second-order valence-corrected chi connectivity index (χ2v) is 8.98. The summed E-state index contributed by atoms with van der Waals surface area (Å²) in [5.74, 6) is 0.739. The number of hydrogen-bond acceptors (Lipinski definition) is 6. The predicted octanol–water partition coefficient (Wildman–Crippen LogP) is 5.57. The molecule has 0 amide bonds. The fraction of sp³-hybridized carbons (Fsp3) is 0.138. The molecule has 36 heavy (non-hydrogen) atoms. The molecule has 3 aromatic heterocycles. The number of para-hydroxylation sites is 1. The van der Waals surface area contributed by atoms with Crippen molar-refractivity contribution in [1.29, 1.82) is 0 Å². The molecule has 1 aliphatic rings. The molecule has 0 bridgehead atoms. The molecular weight excluding hydrogens is 448 g/mol. The smallest absolute Gasteiger partial charge is 0.215 e. The maximum atomic E-state index is 13.6. The van der Waals surface area contributed by atoms with E-state index < -0.39 is 0 Å². The van der Waals surface area contributed by atoms with Gasteiger partial charge in [0.2, 0.25) is 5.78 Å². The first-order valence-electron chi connectivity index (χ1n) is 12.0. The summed E-state index contributed by atoms with van der Waals surface area (Å²) < 4.78 is 0. The minimum absolute atomic E-state index is 0. The van der Waals surface area contributed by atoms with Crippen molar-refractivity contribution in [3.8, 4) is 11.1 Å². The lowest BCUT2D eigenvalue weighted by Gasteiger charge is -2.35. The number of carbonyl (C=O) groups is 1. The largest absolute Gasteiger partial charge is 0.383 e. The number of hydrogen-bond donors (Lipinski definition) is 3. The molecule has 6 rings (SSSR count). The van der Waals surface area contributed by atoms with E-state index in [9.17, 15) is 4.79 Å². The van der Waals surface area contributed by atoms with Gasteiger partial charge in [0.15, 0.2) is 0 Å². The third-order valence-corrected chi connectivity index (χ3v) is 6.73. The number of nitrogens with zero attached hydrogens (tertiary/aromatic N) is 3. The number of piperazine rings is 1. The molecule has 1 fully saturated rings. The highest BCUT2D eigenvalue weighted by Gasteiger charge is 2.23. The highest BCUT2D eigenvalue weighted by atomic mass is 16.1. The van der Waals surface area contributed by atoms with Crippen LogP contribution in [0.25, 0.3) is 22.0 Å². The molecule has 1 unspecified atom stereocenters. The average Bonchev–Trinajstić information content (AvgIpc) is 3.38. The second-order valence-electron chi connectivity index (χ2n) is 8.98. The number of H-pyrrole nitrogens is 1. The number of carbonyl (C=O) groups excluding carboxylic acids is 1. The van der Waals surface area contributed by atoms with Gasteiger partial charge < -0.3 is 20.9 Å². The number of nitrogen functional groups attached to an aromatic ring is 1. The highest BCUT2D eigenvalue weighted by Crippen LogP contribution is 2.30. The third-order valence-electron chi connectivity index (χ3n) is 6.73. The number of fused-ring (bicyclic) bond motifs is 1. The Bertz CT molecular complexity index is 1560. The number of ketones is 1. The van der Waals surface area contributed by atoms with Gasteiger partial charge in [-0.25, -0.2) is 9.97 Å². The quantitative estimate of drug-likeness (QED) is 0.283. The van der Waals surface area contributed by atoms with E-state index in [-0.39, 0.29) is 23.3 Å². The first-order valence-corrected chi connectivity index (χ1v) is 12.0. The number of aromatic amines is 1. The molecular formula is C29H34N6O. The summed E-state index contributed by atoms with van der Waals surface area (Å²) in [6.07, 6.45) is 3.63. The molecule has 7 nitrogen and oxygen atoms in total. The van der Waals surface area contributed by atoms with Crippen LogP contribution >= 0.6 is 0 Å². The second kappa shape index (κ2) is 9.28. The Morgan fingerprint density at radius 3 is 2.75 bits per heavy atom. The summed E-state index contributed by atoms with van der Waals surface area (Å²) in [5, 5.41) is 4.64. The van der Waals surface area contributed by atoms with E-state index in [0.29, 0.717) is 11.3 Å². The molecule has 1 atom stereocenters. The van der Waals surface area contributed by atoms with Crippen molar-refractivity contribution in [1.82, 2.24) is 20.3 Å². The fourth-order valence-electron chi connectivity index (χ4n) is 4.85. The van der Waals surface area contributed by atoms with E-state index in [1.54, 1.807) is 12.3 Å². The van der Waals surface area contributed by atoms with E-state index in [0.717, 1.165) is 47.5 Å². The molecule has 2 aromatic carbocycles. The Hall–Kier alpha value is -4.49. The molecule has 5 aromatic rings. The standard InChI is InChI=1S/C29H26N6O.4H2/c30-29-22(15-20(16-33-29)23-17-32-24-10-5-4-9-21(23)24)28(36)25-11-6-12-27(34-25)35-14-13-31-26(18-35)19-7-2-1-3-8-19;;;;/h1-12,15-17,26,31-32H,13-14,18H2,(H2,30,33);4*1H. The molecule has 1 aliphatic heterocycles. The Balaban J connectivity index is 0.00000140. The van der Waals surface area contributed by atoms with E-state index in [4.69, 9.17) is 10.7 Å². The van der Waals surface area contributed by atoms with Gasteiger partial charge in [0, 0.05) is 65.8 Å². The summed E-state index contributed by atoms with van der Waals surface area (Å²) in [6.45, 7) is 2.42. The molecule has 0 radical (unpaired) electrons. The first kappa shape index (κ1) is 22.0. The van der Waals surface area contributed by atoms with Crippen molar-refractivity contribution < 1.29 is 10.5 Å². The predicted molar refractivity (Wildman–Crippen MR) is 151 cm³/mol. The van der Waals surface area contributed by atoms with Gasteiger partial charge >= 0.3 is 0 Å². The van der Waals surface area contributed by atoms with Crippen molar-refractivity contribution in [2.75, 3.05) is 30.3 Å². The minimum atomic E-state index is -0.238. The Labute approximate surface area is 215 Å². The van der Waals surface area contributed by atoms with Gasteiger partial charge in [0.25, 0.3) is 0 Å². The highest BCUT2D eigenvalue weighted by molar-refractivity contribution is 6.11. The SMILES string of the molecule is Nc1ncc(-c2c[nH]c3ccccc23)cc1C(=O)c1cccc(N2CCNC(c3ccccc3)C2)n1.[HH].[HH].[HH].[HH]. The van der Waals surface area contributed by atoms with Crippen molar-refractivity contribution in [3.63, 3.8) is 0 Å². The van der Waals surface area contributed by atoms with Crippen molar-refractivity contribution in [2.24, 2.45) is 0 Å². The summed E-state index contributed by atoms with van der Waals surface area (Å²) >= 11 is 0. The molecule has 4 heterocycles. The van der Waals surface area contributed by atoms with Crippen LogP contribution in [0.1, 0.15) is 33.4 Å². The summed E-state index contributed by atoms with van der Waals surface area (Å²) in [5.41, 5.74) is 10.9. The van der Waals surface area contributed by atoms with Crippen LogP contribution < -0.4 is 16.0 Å². The number of pyridine rings is 2. The van der Waals surface area contributed by atoms with E-state index in [1.165, 1.54) is 5.56 Å². The lowest BCUT2D eigenvalue weighted by molar-refractivity contribution is 0.103. The molecule has 186 valence electrons.